The number of amides is 2. The maximum Gasteiger partial charge on any atom is 0.258 e. The summed E-state index contributed by atoms with van der Waals surface area (Å²) in [5.74, 6) is 3.09. The third kappa shape index (κ3) is 6.24. The van der Waals surface area contributed by atoms with Crippen LogP contribution in [0, 0.1) is 29.1 Å². The number of nitrogens with zero attached hydrogens (tertiary/aromatic N) is 2. The number of ether oxygens (including phenoxy) is 1. The van der Waals surface area contributed by atoms with Crippen LogP contribution in [0.3, 0.4) is 0 Å². The molecule has 0 unspecified atom stereocenters. The molecule has 0 atom stereocenters. The molecule has 4 N–H and O–H groups in total. The number of rotatable bonds is 13. The minimum Gasteiger partial charge on any atom is -0.477 e. The number of aromatic nitrogens is 2. The van der Waals surface area contributed by atoms with Gasteiger partial charge in [0.2, 0.25) is 11.8 Å². The summed E-state index contributed by atoms with van der Waals surface area (Å²) in [6.45, 7) is 10.4. The number of aryl methyl sites for hydroxylation is 1. The molecule has 4 saturated carbocycles. The molecule has 8 heteroatoms. The fraction of sp³-hybridized carbons (Fsp3) is 0.821. The lowest BCUT2D eigenvalue weighted by molar-refractivity contribution is -0.129. The standard InChI is InChI=1S/C28H47N5O3/c1-19(2)18-36-25-23(24(34)32-28-14-20-11-21(15-28)13-22(12-20)16-28)17-31-33(25)10-7-27(3,4)26(35)30-9-6-5-8-29/h17,19-22H,5-16,18,29H2,1-4H3,(H,30,35)(H,32,34). The zero-order valence-corrected chi connectivity index (χ0v) is 22.8. The summed E-state index contributed by atoms with van der Waals surface area (Å²) in [6.07, 6.45) is 11.4. The zero-order valence-electron chi connectivity index (χ0n) is 22.8. The maximum atomic E-state index is 13.6. The van der Waals surface area contributed by atoms with E-state index in [4.69, 9.17) is 10.5 Å². The molecule has 0 radical (unpaired) electrons. The van der Waals surface area contributed by atoms with Crippen molar-refractivity contribution in [3.05, 3.63) is 11.8 Å². The van der Waals surface area contributed by atoms with Crippen LogP contribution in [0.1, 0.15) is 95.8 Å². The average Bonchev–Trinajstić information content (AvgIpc) is 3.21. The Labute approximate surface area is 216 Å². The highest BCUT2D eigenvalue weighted by molar-refractivity contribution is 5.96. The van der Waals surface area contributed by atoms with Crippen molar-refractivity contribution in [2.75, 3.05) is 19.7 Å². The van der Waals surface area contributed by atoms with Crippen LogP contribution in [0.5, 0.6) is 5.88 Å². The molecule has 4 bridgehead atoms. The van der Waals surface area contributed by atoms with Gasteiger partial charge in [-0.3, -0.25) is 9.59 Å². The Bertz CT molecular complexity index is 887. The quantitative estimate of drug-likeness (QED) is 0.355. The van der Waals surface area contributed by atoms with Gasteiger partial charge in [0.15, 0.2) is 0 Å². The second-order valence-corrected chi connectivity index (χ2v) is 12.8. The molecule has 1 aromatic heterocycles. The van der Waals surface area contributed by atoms with E-state index in [1.807, 2.05) is 13.8 Å². The van der Waals surface area contributed by atoms with Gasteiger partial charge in [-0.2, -0.15) is 5.10 Å². The highest BCUT2D eigenvalue weighted by atomic mass is 16.5. The minimum atomic E-state index is -0.564. The third-order valence-corrected chi connectivity index (χ3v) is 8.49. The van der Waals surface area contributed by atoms with Crippen LogP contribution in [-0.2, 0) is 11.3 Å². The molecule has 0 spiro atoms. The van der Waals surface area contributed by atoms with E-state index < -0.39 is 5.41 Å². The summed E-state index contributed by atoms with van der Waals surface area (Å²) in [7, 11) is 0. The summed E-state index contributed by atoms with van der Waals surface area (Å²) in [5, 5.41) is 11.0. The lowest BCUT2D eigenvalue weighted by Crippen LogP contribution is -2.59. The van der Waals surface area contributed by atoms with Crippen molar-refractivity contribution >= 4 is 11.8 Å². The Balaban J connectivity index is 1.43. The lowest BCUT2D eigenvalue weighted by Gasteiger charge is -2.56. The Morgan fingerprint density at radius 1 is 1.17 bits per heavy atom. The van der Waals surface area contributed by atoms with Crippen LogP contribution >= 0.6 is 0 Å². The van der Waals surface area contributed by atoms with Crippen molar-refractivity contribution in [3.8, 4) is 5.88 Å². The van der Waals surface area contributed by atoms with Gasteiger partial charge in [0.25, 0.3) is 5.91 Å². The molecule has 0 aliphatic heterocycles. The number of hydrogen-bond acceptors (Lipinski definition) is 5. The number of carbonyl (C=O) groups is 2. The van der Waals surface area contributed by atoms with Crippen LogP contribution in [0.4, 0.5) is 0 Å². The molecule has 4 fully saturated rings. The molecular formula is C28H47N5O3. The highest BCUT2D eigenvalue weighted by Gasteiger charge is 2.51. The van der Waals surface area contributed by atoms with E-state index in [-0.39, 0.29) is 17.4 Å². The average molecular weight is 502 g/mol. The van der Waals surface area contributed by atoms with Crippen molar-refractivity contribution in [1.82, 2.24) is 20.4 Å². The fourth-order valence-corrected chi connectivity index (χ4v) is 6.87. The summed E-state index contributed by atoms with van der Waals surface area (Å²) in [5.41, 5.74) is 5.43. The number of hydrogen-bond donors (Lipinski definition) is 3. The summed E-state index contributed by atoms with van der Waals surface area (Å²) in [4.78, 5) is 26.3. The van der Waals surface area contributed by atoms with Crippen LogP contribution in [-0.4, -0.2) is 46.8 Å². The molecule has 0 saturated heterocycles. The monoisotopic (exact) mass is 501 g/mol. The maximum absolute atomic E-state index is 13.6. The van der Waals surface area contributed by atoms with Gasteiger partial charge in [0.05, 0.1) is 12.8 Å². The van der Waals surface area contributed by atoms with Crippen LogP contribution in [0.15, 0.2) is 6.20 Å². The number of nitrogens with one attached hydrogen (secondary N) is 2. The third-order valence-electron chi connectivity index (χ3n) is 8.49. The van der Waals surface area contributed by atoms with Gasteiger partial charge >= 0.3 is 0 Å². The number of carbonyl (C=O) groups excluding carboxylic acids is 2. The minimum absolute atomic E-state index is 0.0242. The number of nitrogens with two attached hydrogens (primary N) is 1. The predicted octanol–water partition coefficient (Wildman–Crippen LogP) is 3.89. The molecule has 5 rings (SSSR count). The van der Waals surface area contributed by atoms with E-state index in [9.17, 15) is 9.59 Å². The van der Waals surface area contributed by atoms with Crippen molar-refractivity contribution in [2.45, 2.75) is 97.6 Å². The van der Waals surface area contributed by atoms with E-state index in [0.717, 1.165) is 49.9 Å². The molecule has 2 amide bonds. The first kappa shape index (κ1) is 27.0. The SMILES string of the molecule is CC(C)COc1c(C(=O)NC23CC4CC(CC(C4)C2)C3)cnn1CCC(C)(C)C(=O)NCCCCN. The van der Waals surface area contributed by atoms with E-state index in [1.54, 1.807) is 10.9 Å². The van der Waals surface area contributed by atoms with E-state index >= 15 is 0 Å². The van der Waals surface area contributed by atoms with Crippen LogP contribution in [0.2, 0.25) is 0 Å². The lowest BCUT2D eigenvalue weighted by atomic mass is 9.53. The van der Waals surface area contributed by atoms with Crippen molar-refractivity contribution in [2.24, 2.45) is 34.8 Å². The fourth-order valence-electron chi connectivity index (χ4n) is 6.87. The molecule has 36 heavy (non-hydrogen) atoms. The smallest absolute Gasteiger partial charge is 0.258 e. The Morgan fingerprint density at radius 3 is 2.39 bits per heavy atom. The second-order valence-electron chi connectivity index (χ2n) is 12.8. The first-order valence-electron chi connectivity index (χ1n) is 14.1. The topological polar surface area (TPSA) is 111 Å². The molecule has 1 heterocycles. The molecule has 4 aliphatic rings. The van der Waals surface area contributed by atoms with Gasteiger partial charge < -0.3 is 21.1 Å². The Kier molecular flexibility index (Phi) is 8.32. The highest BCUT2D eigenvalue weighted by Crippen LogP contribution is 2.55. The summed E-state index contributed by atoms with van der Waals surface area (Å²) in [6, 6.07) is 0. The van der Waals surface area contributed by atoms with Gasteiger partial charge in [0, 0.05) is 24.0 Å². The Morgan fingerprint density at radius 2 is 1.81 bits per heavy atom. The first-order valence-corrected chi connectivity index (χ1v) is 14.1. The van der Waals surface area contributed by atoms with Gasteiger partial charge in [0.1, 0.15) is 5.56 Å². The largest absolute Gasteiger partial charge is 0.477 e. The summed E-state index contributed by atoms with van der Waals surface area (Å²) < 4.78 is 7.92. The van der Waals surface area contributed by atoms with Crippen molar-refractivity contribution in [3.63, 3.8) is 0 Å². The zero-order chi connectivity index (χ0) is 25.9. The predicted molar refractivity (Wildman–Crippen MR) is 141 cm³/mol. The second kappa shape index (κ2) is 11.1. The molecule has 0 aromatic carbocycles. The molecule has 8 nitrogen and oxygen atoms in total. The molecule has 1 aromatic rings. The first-order chi connectivity index (χ1) is 17.1. The van der Waals surface area contributed by atoms with Gasteiger partial charge in [-0.1, -0.05) is 27.7 Å². The normalized spacial score (nSPS) is 26.9. The van der Waals surface area contributed by atoms with E-state index in [2.05, 4.69) is 29.6 Å². The number of unbranched alkanes of at least 4 members (excludes halogenated alkanes) is 1. The van der Waals surface area contributed by atoms with E-state index in [1.165, 1.54) is 19.3 Å². The van der Waals surface area contributed by atoms with Gasteiger partial charge in [-0.25, -0.2) is 4.68 Å². The van der Waals surface area contributed by atoms with Crippen LogP contribution in [0.25, 0.3) is 0 Å². The van der Waals surface area contributed by atoms with Crippen molar-refractivity contribution < 1.29 is 14.3 Å². The molecule has 202 valence electrons. The summed E-state index contributed by atoms with van der Waals surface area (Å²) >= 11 is 0. The van der Waals surface area contributed by atoms with Crippen molar-refractivity contribution in [1.29, 1.82) is 0 Å². The van der Waals surface area contributed by atoms with Crippen LogP contribution < -0.4 is 21.1 Å². The Hall–Kier alpha value is -2.09. The molecule has 4 aliphatic carbocycles. The molecular weight excluding hydrogens is 454 g/mol. The van der Waals surface area contributed by atoms with E-state index in [0.29, 0.717) is 50.0 Å². The van der Waals surface area contributed by atoms with Gasteiger partial charge in [-0.15, -0.1) is 0 Å². The van der Waals surface area contributed by atoms with Gasteiger partial charge in [-0.05, 0) is 88.0 Å².